The number of rotatable bonds is 2. The number of nitrogens with one attached hydrogen (secondary N) is 1. The summed E-state index contributed by atoms with van der Waals surface area (Å²) in [6, 6.07) is 4.38. The van der Waals surface area contributed by atoms with E-state index >= 15 is 0 Å². The fourth-order valence-corrected chi connectivity index (χ4v) is 3.84. The van der Waals surface area contributed by atoms with Crippen LogP contribution in [0.3, 0.4) is 0 Å². The van der Waals surface area contributed by atoms with Gasteiger partial charge in [-0.1, -0.05) is 17.7 Å². The van der Waals surface area contributed by atoms with Crippen LogP contribution in [0.4, 0.5) is 5.69 Å². The van der Waals surface area contributed by atoms with Crippen molar-refractivity contribution in [2.45, 2.75) is 25.2 Å². The normalized spacial score (nSPS) is 22.4. The number of ketones is 1. The molecule has 0 unspecified atom stereocenters. The van der Waals surface area contributed by atoms with Gasteiger partial charge in [-0.25, -0.2) is 4.79 Å². The number of allylic oxidation sites excluding steroid dienone is 2. The summed E-state index contributed by atoms with van der Waals surface area (Å²) in [4.78, 5) is 35.5. The number of Topliss-reactive ketones (excluding diaryl/α,β-unsaturated/α-hetero) is 1. The molecule has 128 valence electrons. The molecule has 0 spiro atoms. The Balaban J connectivity index is 1.92. The Bertz CT molecular complexity index is 902. The average Bonchev–Trinajstić information content (AvgIpc) is 2.94. The molecule has 0 saturated carbocycles. The first-order valence-corrected chi connectivity index (χ1v) is 8.22. The molecule has 8 heteroatoms. The van der Waals surface area contributed by atoms with Crippen LogP contribution in [-0.2, 0) is 14.3 Å². The number of nitro groups is 1. The zero-order valence-corrected chi connectivity index (χ0v) is 13.8. The first-order chi connectivity index (χ1) is 12.0. The van der Waals surface area contributed by atoms with Gasteiger partial charge in [0.2, 0.25) is 0 Å². The molecule has 2 aliphatic heterocycles. The zero-order chi connectivity index (χ0) is 17.7. The Morgan fingerprint density at radius 2 is 2.00 bits per heavy atom. The van der Waals surface area contributed by atoms with Gasteiger partial charge in [0.05, 0.1) is 16.2 Å². The maximum atomic E-state index is 12.6. The van der Waals surface area contributed by atoms with Gasteiger partial charge >= 0.3 is 5.97 Å². The van der Waals surface area contributed by atoms with Gasteiger partial charge in [-0.2, -0.15) is 0 Å². The highest BCUT2D eigenvalue weighted by Crippen LogP contribution is 2.45. The molecule has 0 fully saturated rings. The van der Waals surface area contributed by atoms with Crippen molar-refractivity contribution < 1.29 is 19.2 Å². The number of benzene rings is 1. The summed E-state index contributed by atoms with van der Waals surface area (Å²) in [7, 11) is 0. The largest absolute Gasteiger partial charge is 0.456 e. The van der Waals surface area contributed by atoms with Crippen molar-refractivity contribution in [2.24, 2.45) is 0 Å². The summed E-state index contributed by atoms with van der Waals surface area (Å²) in [5, 5.41) is 14.4. The van der Waals surface area contributed by atoms with Gasteiger partial charge < -0.3 is 10.1 Å². The third kappa shape index (κ3) is 2.42. The predicted octanol–water partition coefficient (Wildman–Crippen LogP) is 2.75. The molecule has 2 heterocycles. The van der Waals surface area contributed by atoms with Crippen LogP contribution in [-0.4, -0.2) is 23.3 Å². The third-order valence-corrected chi connectivity index (χ3v) is 5.05. The number of nitrogens with zero attached hydrogens (tertiary/aromatic N) is 1. The van der Waals surface area contributed by atoms with E-state index in [0.29, 0.717) is 35.2 Å². The Labute approximate surface area is 147 Å². The molecule has 4 rings (SSSR count). The first-order valence-electron chi connectivity index (χ1n) is 7.84. The van der Waals surface area contributed by atoms with E-state index in [0.717, 1.165) is 12.1 Å². The molecule has 7 nitrogen and oxygen atoms in total. The standard InChI is InChI=1S/C17H13ClN2O5/c18-9-5-4-8(6-12(9)20(23)24)14-15-10(2-1-3-13(15)21)19-11-7-25-17(22)16(11)14/h4-6,14,19H,1-3,7H2/t14-/m0/s1. The molecule has 3 aliphatic rings. The first kappa shape index (κ1) is 15.8. The number of nitro benzene ring substituents is 1. The minimum Gasteiger partial charge on any atom is -0.456 e. The highest BCUT2D eigenvalue weighted by molar-refractivity contribution is 6.32. The van der Waals surface area contributed by atoms with Crippen molar-refractivity contribution in [3.8, 4) is 0 Å². The summed E-state index contributed by atoms with van der Waals surface area (Å²) >= 11 is 5.90. The van der Waals surface area contributed by atoms with E-state index in [1.54, 1.807) is 6.07 Å². The van der Waals surface area contributed by atoms with Crippen molar-refractivity contribution in [2.75, 3.05) is 6.61 Å². The molecule has 0 amide bonds. The third-order valence-electron chi connectivity index (χ3n) is 4.73. The van der Waals surface area contributed by atoms with Crippen molar-refractivity contribution >= 4 is 29.0 Å². The Morgan fingerprint density at radius 1 is 1.20 bits per heavy atom. The van der Waals surface area contributed by atoms with Crippen LogP contribution in [0.15, 0.2) is 40.7 Å². The highest BCUT2D eigenvalue weighted by Gasteiger charge is 2.43. The topological polar surface area (TPSA) is 98.5 Å². The number of esters is 1. The van der Waals surface area contributed by atoms with Crippen molar-refractivity contribution in [3.63, 3.8) is 0 Å². The lowest BCUT2D eigenvalue weighted by Gasteiger charge is -2.31. The number of halogens is 1. The summed E-state index contributed by atoms with van der Waals surface area (Å²) in [5.41, 5.74) is 2.49. The average molecular weight is 361 g/mol. The molecule has 1 N–H and O–H groups in total. The van der Waals surface area contributed by atoms with E-state index in [9.17, 15) is 19.7 Å². The van der Waals surface area contributed by atoms with Crippen LogP contribution in [0.25, 0.3) is 0 Å². The zero-order valence-electron chi connectivity index (χ0n) is 13.0. The molecule has 25 heavy (non-hydrogen) atoms. The Morgan fingerprint density at radius 3 is 2.76 bits per heavy atom. The highest BCUT2D eigenvalue weighted by atomic mass is 35.5. The molecular weight excluding hydrogens is 348 g/mol. The van der Waals surface area contributed by atoms with Crippen LogP contribution in [0.5, 0.6) is 0 Å². The van der Waals surface area contributed by atoms with Crippen LogP contribution < -0.4 is 5.32 Å². The van der Waals surface area contributed by atoms with Crippen molar-refractivity contribution in [3.05, 3.63) is 61.4 Å². The van der Waals surface area contributed by atoms with Gasteiger partial charge in [0, 0.05) is 29.7 Å². The van der Waals surface area contributed by atoms with Crippen molar-refractivity contribution in [1.29, 1.82) is 0 Å². The van der Waals surface area contributed by atoms with E-state index < -0.39 is 16.8 Å². The van der Waals surface area contributed by atoms with Gasteiger partial charge in [0.15, 0.2) is 5.78 Å². The number of dihydropyridines is 1. The second kappa shape index (κ2) is 5.70. The van der Waals surface area contributed by atoms with Crippen molar-refractivity contribution in [1.82, 2.24) is 5.32 Å². The Hall–Kier alpha value is -2.67. The number of cyclic esters (lactones) is 1. The fraction of sp³-hybridized carbons (Fsp3) is 0.294. The minimum atomic E-state index is -0.662. The molecule has 1 aromatic carbocycles. The molecule has 1 atom stereocenters. The smallest absolute Gasteiger partial charge is 0.337 e. The maximum absolute atomic E-state index is 12.6. The minimum absolute atomic E-state index is 0.00931. The number of hydrogen-bond acceptors (Lipinski definition) is 6. The molecule has 1 aromatic rings. The Kier molecular flexibility index (Phi) is 3.61. The lowest BCUT2D eigenvalue weighted by atomic mass is 9.75. The lowest BCUT2D eigenvalue weighted by Crippen LogP contribution is -2.32. The monoisotopic (exact) mass is 360 g/mol. The van der Waals surface area contributed by atoms with E-state index in [-0.39, 0.29) is 23.1 Å². The van der Waals surface area contributed by atoms with Gasteiger partial charge in [-0.05, 0) is 24.5 Å². The molecule has 0 saturated heterocycles. The quantitative estimate of drug-likeness (QED) is 0.494. The summed E-state index contributed by atoms with van der Waals surface area (Å²) in [6.45, 7) is 0.116. The molecule has 1 aliphatic carbocycles. The number of hydrogen-bond donors (Lipinski definition) is 1. The van der Waals surface area contributed by atoms with Crippen LogP contribution in [0.1, 0.15) is 30.7 Å². The van der Waals surface area contributed by atoms with Crippen LogP contribution >= 0.6 is 11.6 Å². The van der Waals surface area contributed by atoms with E-state index in [1.807, 2.05) is 0 Å². The van der Waals surface area contributed by atoms with Gasteiger partial charge in [-0.3, -0.25) is 14.9 Å². The van der Waals surface area contributed by atoms with E-state index in [4.69, 9.17) is 16.3 Å². The predicted molar refractivity (Wildman–Crippen MR) is 87.9 cm³/mol. The van der Waals surface area contributed by atoms with E-state index in [2.05, 4.69) is 5.32 Å². The second-order valence-corrected chi connectivity index (χ2v) is 6.57. The fourth-order valence-electron chi connectivity index (χ4n) is 3.65. The maximum Gasteiger partial charge on any atom is 0.337 e. The van der Waals surface area contributed by atoms with Crippen LogP contribution in [0, 0.1) is 10.1 Å². The lowest BCUT2D eigenvalue weighted by molar-refractivity contribution is -0.384. The number of carbonyl (C=O) groups excluding carboxylic acids is 2. The molecule has 0 radical (unpaired) electrons. The summed E-state index contributed by atoms with van der Waals surface area (Å²) in [5.74, 6) is -1.22. The second-order valence-electron chi connectivity index (χ2n) is 6.16. The van der Waals surface area contributed by atoms with Gasteiger partial charge in [0.1, 0.15) is 11.6 Å². The summed E-state index contributed by atoms with van der Waals surface area (Å²) < 4.78 is 5.12. The van der Waals surface area contributed by atoms with E-state index in [1.165, 1.54) is 12.1 Å². The van der Waals surface area contributed by atoms with Crippen LogP contribution in [0.2, 0.25) is 5.02 Å². The summed E-state index contributed by atoms with van der Waals surface area (Å²) in [6.07, 6.45) is 1.82. The number of carbonyl (C=O) groups is 2. The molecular formula is C17H13ClN2O5. The van der Waals surface area contributed by atoms with Gasteiger partial charge in [-0.15, -0.1) is 0 Å². The molecule has 0 aromatic heterocycles. The number of ether oxygens (including phenoxy) is 1. The van der Waals surface area contributed by atoms with Gasteiger partial charge in [0.25, 0.3) is 5.69 Å². The molecule has 0 bridgehead atoms. The SMILES string of the molecule is O=C1CCCC2=C1[C@H](c1ccc(Cl)c([N+](=O)[O-])c1)C1=C(COC1=O)N2.